The maximum atomic E-state index is 12.6. The monoisotopic (exact) mass is 346 g/mol. The number of nitrogens with one attached hydrogen (secondary N) is 1. The summed E-state index contributed by atoms with van der Waals surface area (Å²) in [4.78, 5) is 10.8. The van der Waals surface area contributed by atoms with Crippen molar-refractivity contribution < 1.29 is 13.2 Å². The zero-order chi connectivity index (χ0) is 16.6. The van der Waals surface area contributed by atoms with E-state index in [-0.39, 0.29) is 17.0 Å². The Morgan fingerprint density at radius 3 is 2.67 bits per heavy atom. The first-order valence-corrected chi connectivity index (χ1v) is 9.42. The number of hydrogen-bond donors (Lipinski definition) is 1. The summed E-state index contributed by atoms with van der Waals surface area (Å²) in [5, 5.41) is 0. The number of ether oxygens (including phenoxy) is 1. The zero-order valence-electron chi connectivity index (χ0n) is 13.0. The maximum absolute atomic E-state index is 12.6. The van der Waals surface area contributed by atoms with Gasteiger partial charge in [-0.1, -0.05) is 12.1 Å². The van der Waals surface area contributed by atoms with E-state index in [4.69, 9.17) is 4.74 Å². The fourth-order valence-electron chi connectivity index (χ4n) is 3.20. The summed E-state index contributed by atoms with van der Waals surface area (Å²) in [6, 6.07) is 8.29. The van der Waals surface area contributed by atoms with Crippen LogP contribution in [0, 0.1) is 0 Å². The molecule has 2 aliphatic rings. The molecule has 1 aromatic heterocycles. The Hall–Kier alpha value is -2.19. The summed E-state index contributed by atoms with van der Waals surface area (Å²) in [5.74, 6) is 1.08. The fraction of sp³-hybridized carbons (Fsp3) is 0.375. The van der Waals surface area contributed by atoms with Crippen molar-refractivity contribution in [3.63, 3.8) is 0 Å². The summed E-state index contributed by atoms with van der Waals surface area (Å²) in [7, 11) is -3.57. The lowest BCUT2D eigenvalue weighted by Gasteiger charge is -2.22. The van der Waals surface area contributed by atoms with Gasteiger partial charge in [-0.2, -0.15) is 0 Å². The topological polar surface area (TPSA) is 84.4 Å². The smallest absolute Gasteiger partial charge is 0.244 e. The van der Waals surface area contributed by atoms with Gasteiger partial charge in [0.25, 0.3) is 0 Å². The number of nitrogens with zero attached hydrogens (tertiary/aromatic N) is 3. The number of anilines is 1. The van der Waals surface area contributed by atoms with Gasteiger partial charge >= 0.3 is 0 Å². The molecule has 8 heteroatoms. The molecule has 0 amide bonds. The largest absolute Gasteiger partial charge is 0.487 e. The number of hydrogen-bond acceptors (Lipinski definition) is 6. The number of para-hydroxylation sites is 1. The molecule has 126 valence electrons. The molecule has 1 N–H and O–H groups in total. The SMILES string of the molecule is O=S1(=O)N[C@H]2CCN(c3ncccn3)CC[C@@H]2Oc2ccccc21. The summed E-state index contributed by atoms with van der Waals surface area (Å²) in [6.45, 7) is 1.39. The molecule has 7 nitrogen and oxygen atoms in total. The van der Waals surface area contributed by atoms with E-state index >= 15 is 0 Å². The van der Waals surface area contributed by atoms with Crippen LogP contribution in [-0.4, -0.2) is 43.6 Å². The van der Waals surface area contributed by atoms with Crippen molar-refractivity contribution in [2.45, 2.75) is 29.9 Å². The predicted octanol–water partition coefficient (Wildman–Crippen LogP) is 1.18. The zero-order valence-corrected chi connectivity index (χ0v) is 13.8. The molecule has 4 rings (SSSR count). The Balaban J connectivity index is 1.61. The highest BCUT2D eigenvalue weighted by atomic mass is 32.2. The summed E-state index contributed by atoms with van der Waals surface area (Å²) in [6.07, 6.45) is 4.54. The molecular formula is C16H18N4O3S. The van der Waals surface area contributed by atoms with Gasteiger partial charge in [0.05, 0.1) is 6.04 Å². The van der Waals surface area contributed by atoms with E-state index in [0.29, 0.717) is 31.1 Å². The minimum absolute atomic E-state index is 0.210. The highest BCUT2D eigenvalue weighted by molar-refractivity contribution is 7.89. The molecule has 0 spiro atoms. The number of fused-ring (bicyclic) bond motifs is 2. The van der Waals surface area contributed by atoms with E-state index in [1.165, 1.54) is 0 Å². The van der Waals surface area contributed by atoms with E-state index in [0.717, 1.165) is 6.54 Å². The van der Waals surface area contributed by atoms with Crippen molar-refractivity contribution in [1.82, 2.24) is 14.7 Å². The molecule has 0 aliphatic carbocycles. The third kappa shape index (κ3) is 2.83. The van der Waals surface area contributed by atoms with Crippen LogP contribution in [0.25, 0.3) is 0 Å². The number of rotatable bonds is 1. The van der Waals surface area contributed by atoms with Crippen molar-refractivity contribution >= 4 is 16.0 Å². The highest BCUT2D eigenvalue weighted by Gasteiger charge is 2.36. The average Bonchev–Trinajstić information content (AvgIpc) is 2.84. The van der Waals surface area contributed by atoms with Gasteiger partial charge in [0.1, 0.15) is 16.7 Å². The molecule has 0 saturated carbocycles. The molecule has 24 heavy (non-hydrogen) atoms. The van der Waals surface area contributed by atoms with Crippen LogP contribution in [0.5, 0.6) is 5.75 Å². The summed E-state index contributed by atoms with van der Waals surface area (Å²) >= 11 is 0. The van der Waals surface area contributed by atoms with Gasteiger partial charge < -0.3 is 9.64 Å². The van der Waals surface area contributed by atoms with Gasteiger partial charge in [0.15, 0.2) is 0 Å². The van der Waals surface area contributed by atoms with Crippen molar-refractivity contribution in [2.75, 3.05) is 18.0 Å². The van der Waals surface area contributed by atoms with Gasteiger partial charge in [0, 0.05) is 31.9 Å². The van der Waals surface area contributed by atoms with Crippen LogP contribution in [0.4, 0.5) is 5.95 Å². The first kappa shape index (κ1) is 15.3. The molecule has 0 unspecified atom stereocenters. The standard InChI is InChI=1S/C16H18N4O3S/c21-24(22)15-5-2-1-4-14(15)23-13-7-11-20(10-6-12(13)19-24)16-17-8-3-9-18-16/h1-5,8-9,12-13,19H,6-7,10-11H2/t12-,13-/m0/s1. The second kappa shape index (κ2) is 6.03. The highest BCUT2D eigenvalue weighted by Crippen LogP contribution is 2.31. The normalized spacial score (nSPS) is 25.6. The van der Waals surface area contributed by atoms with Crippen LogP contribution in [0.3, 0.4) is 0 Å². The van der Waals surface area contributed by atoms with Gasteiger partial charge in [-0.3, -0.25) is 0 Å². The fourth-order valence-corrected chi connectivity index (χ4v) is 4.64. The Bertz CT molecular complexity index is 828. The van der Waals surface area contributed by atoms with E-state index < -0.39 is 10.0 Å². The molecule has 1 aromatic carbocycles. The minimum Gasteiger partial charge on any atom is -0.487 e. The Morgan fingerprint density at radius 1 is 1.08 bits per heavy atom. The van der Waals surface area contributed by atoms with E-state index in [1.807, 2.05) is 0 Å². The molecule has 0 radical (unpaired) electrons. The predicted molar refractivity (Wildman–Crippen MR) is 88.4 cm³/mol. The third-order valence-electron chi connectivity index (χ3n) is 4.40. The van der Waals surface area contributed by atoms with Gasteiger partial charge in [-0.15, -0.1) is 0 Å². The molecule has 1 saturated heterocycles. The van der Waals surface area contributed by atoms with Gasteiger partial charge in [0.2, 0.25) is 16.0 Å². The molecule has 0 bridgehead atoms. The molecular weight excluding hydrogens is 328 g/mol. The van der Waals surface area contributed by atoms with Crippen LogP contribution in [0.1, 0.15) is 12.8 Å². The van der Waals surface area contributed by atoms with Crippen LogP contribution in [0.15, 0.2) is 47.6 Å². The van der Waals surface area contributed by atoms with Crippen LogP contribution in [-0.2, 0) is 10.0 Å². The molecule has 1 fully saturated rings. The summed E-state index contributed by atoms with van der Waals surface area (Å²) in [5.41, 5.74) is 0. The van der Waals surface area contributed by atoms with Gasteiger partial charge in [-0.25, -0.2) is 23.1 Å². The molecule has 2 aromatic rings. The van der Waals surface area contributed by atoms with Crippen LogP contribution in [0.2, 0.25) is 0 Å². The van der Waals surface area contributed by atoms with Crippen molar-refractivity contribution in [1.29, 1.82) is 0 Å². The Morgan fingerprint density at radius 2 is 1.83 bits per heavy atom. The third-order valence-corrected chi connectivity index (χ3v) is 5.93. The van der Waals surface area contributed by atoms with Crippen LogP contribution < -0.4 is 14.4 Å². The maximum Gasteiger partial charge on any atom is 0.244 e. The first-order chi connectivity index (χ1) is 11.6. The molecule has 2 aliphatic heterocycles. The first-order valence-electron chi connectivity index (χ1n) is 7.93. The lowest BCUT2D eigenvalue weighted by molar-refractivity contribution is 0.160. The molecule has 2 atom stereocenters. The van der Waals surface area contributed by atoms with Crippen LogP contribution >= 0.6 is 0 Å². The van der Waals surface area contributed by atoms with E-state index in [1.54, 1.807) is 42.7 Å². The number of sulfonamides is 1. The number of benzene rings is 1. The minimum atomic E-state index is -3.57. The second-order valence-corrected chi connectivity index (χ2v) is 7.63. The average molecular weight is 346 g/mol. The lowest BCUT2D eigenvalue weighted by Crippen LogP contribution is -2.43. The van der Waals surface area contributed by atoms with E-state index in [9.17, 15) is 8.42 Å². The summed E-state index contributed by atoms with van der Waals surface area (Å²) < 4.78 is 34.0. The van der Waals surface area contributed by atoms with E-state index in [2.05, 4.69) is 19.6 Å². The van der Waals surface area contributed by atoms with Crippen molar-refractivity contribution in [3.05, 3.63) is 42.7 Å². The lowest BCUT2D eigenvalue weighted by atomic mass is 10.1. The second-order valence-electron chi connectivity index (χ2n) is 5.94. The number of aromatic nitrogens is 2. The van der Waals surface area contributed by atoms with Crippen molar-refractivity contribution in [3.8, 4) is 5.75 Å². The van der Waals surface area contributed by atoms with Crippen molar-refractivity contribution in [2.24, 2.45) is 0 Å². The molecule has 3 heterocycles. The quantitative estimate of drug-likeness (QED) is 0.835. The van der Waals surface area contributed by atoms with Gasteiger partial charge in [-0.05, 0) is 24.6 Å². The Kier molecular flexibility index (Phi) is 3.85. The Labute approximate surface area is 140 Å².